The molecule has 0 unspecified atom stereocenters. The number of carbonyl (C=O) groups is 2. The molecule has 3 rings (SSSR count). The second-order valence-corrected chi connectivity index (χ2v) is 7.88. The molecule has 1 aromatic heterocycles. The summed E-state index contributed by atoms with van der Waals surface area (Å²) in [4.78, 5) is 24.2. The fourth-order valence-corrected chi connectivity index (χ4v) is 3.84. The lowest BCUT2D eigenvalue weighted by Gasteiger charge is -2.08. The number of primary amides is 1. The molecule has 0 radical (unpaired) electrons. The fraction of sp³-hybridized carbons (Fsp3) is 0.136. The Morgan fingerprint density at radius 1 is 1.17 bits per heavy atom. The van der Waals surface area contributed by atoms with Crippen molar-refractivity contribution < 1.29 is 9.59 Å². The van der Waals surface area contributed by atoms with Crippen LogP contribution >= 0.6 is 23.4 Å². The van der Waals surface area contributed by atoms with Crippen LogP contribution in [0.2, 0.25) is 5.15 Å². The lowest BCUT2D eigenvalue weighted by atomic mass is 10.2. The summed E-state index contributed by atoms with van der Waals surface area (Å²) in [7, 11) is 0. The monoisotopic (exact) mass is 440 g/mol. The van der Waals surface area contributed by atoms with Crippen LogP contribution in [0.5, 0.6) is 0 Å². The Morgan fingerprint density at radius 3 is 2.60 bits per heavy atom. The molecule has 0 spiro atoms. The van der Waals surface area contributed by atoms with E-state index >= 15 is 0 Å². The molecule has 2 aromatic carbocycles. The zero-order valence-corrected chi connectivity index (χ0v) is 17.9. The Bertz CT molecular complexity index is 1080. The van der Waals surface area contributed by atoms with E-state index in [4.69, 9.17) is 17.3 Å². The SMILES string of the molecule is Cc1nn(Cc2ccccc2)c(Cl)c1/C=C/C(=O)Nc1ccccc1SCC(N)=O. The molecule has 0 atom stereocenters. The van der Waals surface area contributed by atoms with E-state index in [2.05, 4.69) is 10.4 Å². The van der Waals surface area contributed by atoms with Crippen molar-refractivity contribution in [3.63, 3.8) is 0 Å². The normalized spacial score (nSPS) is 11.0. The largest absolute Gasteiger partial charge is 0.369 e. The fourth-order valence-electron chi connectivity index (χ4n) is 2.80. The highest BCUT2D eigenvalue weighted by atomic mass is 35.5. The molecular formula is C22H21ClN4O2S. The van der Waals surface area contributed by atoms with Crippen LogP contribution in [-0.4, -0.2) is 27.3 Å². The predicted molar refractivity (Wildman–Crippen MR) is 122 cm³/mol. The predicted octanol–water partition coefficient (Wildman–Crippen LogP) is 4.12. The van der Waals surface area contributed by atoms with E-state index in [1.165, 1.54) is 17.8 Å². The summed E-state index contributed by atoms with van der Waals surface area (Å²) < 4.78 is 1.71. The van der Waals surface area contributed by atoms with Crippen LogP contribution in [0.1, 0.15) is 16.8 Å². The zero-order chi connectivity index (χ0) is 21.5. The molecule has 0 saturated carbocycles. The average molecular weight is 441 g/mol. The van der Waals surface area contributed by atoms with Crippen molar-refractivity contribution >= 4 is 46.9 Å². The van der Waals surface area contributed by atoms with Gasteiger partial charge in [-0.15, -0.1) is 11.8 Å². The molecule has 0 aliphatic carbocycles. The van der Waals surface area contributed by atoms with Crippen molar-refractivity contribution in [2.45, 2.75) is 18.4 Å². The maximum atomic E-state index is 12.4. The van der Waals surface area contributed by atoms with Crippen LogP contribution < -0.4 is 11.1 Å². The molecule has 6 nitrogen and oxygen atoms in total. The Hall–Kier alpha value is -3.03. The molecule has 8 heteroatoms. The Morgan fingerprint density at radius 2 is 1.87 bits per heavy atom. The number of para-hydroxylation sites is 1. The Labute approximate surface area is 184 Å². The molecule has 3 N–H and O–H groups in total. The number of hydrogen-bond donors (Lipinski definition) is 2. The first-order valence-electron chi connectivity index (χ1n) is 9.20. The number of amides is 2. The number of nitrogens with zero attached hydrogens (tertiary/aromatic N) is 2. The second-order valence-electron chi connectivity index (χ2n) is 6.51. The average Bonchev–Trinajstić information content (AvgIpc) is 2.99. The second kappa shape index (κ2) is 10.1. The summed E-state index contributed by atoms with van der Waals surface area (Å²) in [5.41, 5.74) is 8.33. The van der Waals surface area contributed by atoms with Crippen LogP contribution in [0.15, 0.2) is 65.6 Å². The van der Waals surface area contributed by atoms with Gasteiger partial charge in [-0.2, -0.15) is 5.10 Å². The van der Waals surface area contributed by atoms with E-state index in [0.29, 0.717) is 22.9 Å². The van der Waals surface area contributed by atoms with Crippen LogP contribution in [0.25, 0.3) is 6.08 Å². The van der Waals surface area contributed by atoms with Gasteiger partial charge < -0.3 is 11.1 Å². The van der Waals surface area contributed by atoms with Gasteiger partial charge in [0.25, 0.3) is 0 Å². The van der Waals surface area contributed by atoms with Crippen molar-refractivity contribution in [3.05, 3.63) is 82.6 Å². The number of nitrogens with one attached hydrogen (secondary N) is 1. The van der Waals surface area contributed by atoms with Gasteiger partial charge in [0.05, 0.1) is 23.7 Å². The lowest BCUT2D eigenvalue weighted by molar-refractivity contribution is -0.115. The van der Waals surface area contributed by atoms with Gasteiger partial charge in [-0.25, -0.2) is 4.68 Å². The van der Waals surface area contributed by atoms with Gasteiger partial charge in [0.15, 0.2) is 0 Å². The van der Waals surface area contributed by atoms with Crippen LogP contribution in [0, 0.1) is 6.92 Å². The topological polar surface area (TPSA) is 90.0 Å². The Balaban J connectivity index is 1.71. The number of benzene rings is 2. The van der Waals surface area contributed by atoms with Crippen LogP contribution in [0.4, 0.5) is 5.69 Å². The minimum atomic E-state index is -0.418. The number of thioether (sulfide) groups is 1. The number of rotatable bonds is 8. The molecule has 30 heavy (non-hydrogen) atoms. The summed E-state index contributed by atoms with van der Waals surface area (Å²) in [5.74, 6) is -0.593. The summed E-state index contributed by atoms with van der Waals surface area (Å²) in [6.07, 6.45) is 3.07. The maximum absolute atomic E-state index is 12.4. The number of anilines is 1. The Kier molecular flexibility index (Phi) is 7.32. The van der Waals surface area contributed by atoms with Crippen molar-refractivity contribution in [2.75, 3.05) is 11.1 Å². The maximum Gasteiger partial charge on any atom is 0.248 e. The first-order chi connectivity index (χ1) is 14.4. The highest BCUT2D eigenvalue weighted by molar-refractivity contribution is 8.00. The summed E-state index contributed by atoms with van der Waals surface area (Å²) in [6, 6.07) is 17.1. The van der Waals surface area contributed by atoms with E-state index in [9.17, 15) is 9.59 Å². The minimum Gasteiger partial charge on any atom is -0.369 e. The van der Waals surface area contributed by atoms with Gasteiger partial charge >= 0.3 is 0 Å². The van der Waals surface area contributed by atoms with Crippen LogP contribution in [-0.2, 0) is 16.1 Å². The van der Waals surface area contributed by atoms with Gasteiger partial charge in [0.1, 0.15) is 5.15 Å². The number of aryl methyl sites for hydroxylation is 1. The molecule has 0 fully saturated rings. The number of halogens is 1. The molecular weight excluding hydrogens is 420 g/mol. The van der Waals surface area contributed by atoms with Gasteiger partial charge in [-0.1, -0.05) is 54.1 Å². The number of hydrogen-bond acceptors (Lipinski definition) is 4. The standard InChI is InChI=1S/C22H21ClN4O2S/c1-15-17(22(23)27(26-15)13-16-7-3-2-4-8-16)11-12-21(29)25-18-9-5-6-10-19(18)30-14-20(24)28/h2-12H,13-14H2,1H3,(H2,24,28)(H,25,29)/b12-11+. The minimum absolute atomic E-state index is 0.137. The highest BCUT2D eigenvalue weighted by Gasteiger charge is 2.12. The van der Waals surface area contributed by atoms with Gasteiger partial charge in [0.2, 0.25) is 11.8 Å². The molecule has 0 aliphatic rings. The van der Waals surface area contributed by atoms with Crippen molar-refractivity contribution in [1.82, 2.24) is 9.78 Å². The molecule has 2 amide bonds. The van der Waals surface area contributed by atoms with Gasteiger partial charge in [-0.3, -0.25) is 9.59 Å². The third-order valence-corrected chi connectivity index (χ3v) is 5.70. The molecule has 0 bridgehead atoms. The molecule has 0 saturated heterocycles. The third-order valence-electron chi connectivity index (χ3n) is 4.20. The van der Waals surface area contributed by atoms with E-state index in [1.54, 1.807) is 16.8 Å². The first-order valence-corrected chi connectivity index (χ1v) is 10.6. The molecule has 3 aromatic rings. The van der Waals surface area contributed by atoms with Crippen molar-refractivity contribution in [2.24, 2.45) is 5.73 Å². The molecule has 0 aliphatic heterocycles. The number of aromatic nitrogens is 2. The van der Waals surface area contributed by atoms with Crippen LogP contribution in [0.3, 0.4) is 0 Å². The zero-order valence-electron chi connectivity index (χ0n) is 16.3. The lowest BCUT2D eigenvalue weighted by Crippen LogP contribution is -2.13. The smallest absolute Gasteiger partial charge is 0.248 e. The van der Waals surface area contributed by atoms with E-state index in [1.807, 2.05) is 55.5 Å². The third kappa shape index (κ3) is 5.75. The van der Waals surface area contributed by atoms with E-state index in [0.717, 1.165) is 16.2 Å². The van der Waals surface area contributed by atoms with E-state index in [-0.39, 0.29) is 11.7 Å². The van der Waals surface area contributed by atoms with Gasteiger partial charge in [0, 0.05) is 16.5 Å². The summed E-state index contributed by atoms with van der Waals surface area (Å²) in [6.45, 7) is 2.39. The summed E-state index contributed by atoms with van der Waals surface area (Å²) >= 11 is 7.76. The first kappa shape index (κ1) is 21.7. The number of nitrogens with two attached hydrogens (primary N) is 1. The highest BCUT2D eigenvalue weighted by Crippen LogP contribution is 2.27. The van der Waals surface area contributed by atoms with Crippen molar-refractivity contribution in [3.8, 4) is 0 Å². The summed E-state index contributed by atoms with van der Waals surface area (Å²) in [5, 5.41) is 7.77. The quantitative estimate of drug-likeness (QED) is 0.407. The number of carbonyl (C=O) groups excluding carboxylic acids is 2. The molecule has 1 heterocycles. The van der Waals surface area contributed by atoms with Crippen molar-refractivity contribution in [1.29, 1.82) is 0 Å². The molecule has 154 valence electrons. The van der Waals surface area contributed by atoms with Gasteiger partial charge in [-0.05, 0) is 30.7 Å². The van der Waals surface area contributed by atoms with E-state index < -0.39 is 5.91 Å².